The van der Waals surface area contributed by atoms with Crippen molar-refractivity contribution in [2.75, 3.05) is 0 Å². The van der Waals surface area contributed by atoms with Gasteiger partial charge in [-0.05, 0) is 35.0 Å². The Bertz CT molecular complexity index is 466. The highest BCUT2D eigenvalue weighted by Crippen LogP contribution is 2.30. The third kappa shape index (κ3) is 1.72. The van der Waals surface area contributed by atoms with Crippen molar-refractivity contribution in [2.45, 2.75) is 6.92 Å². The quantitative estimate of drug-likeness (QED) is 0.686. The first-order valence-electron chi connectivity index (χ1n) is 3.87. The number of halogens is 3. The molecule has 0 atom stereocenters. The van der Waals surface area contributed by atoms with Crippen molar-refractivity contribution in [1.29, 1.82) is 0 Å². The van der Waals surface area contributed by atoms with E-state index in [2.05, 4.69) is 25.9 Å². The fourth-order valence-corrected chi connectivity index (χ4v) is 2.32. The first kappa shape index (κ1) is 10.1. The van der Waals surface area contributed by atoms with Crippen LogP contribution in [0, 0.1) is 6.92 Å². The first-order valence-corrected chi connectivity index (χ1v) is 5.42. The minimum Gasteiger partial charge on any atom is -0.232 e. The largest absolute Gasteiger partial charge is 0.232 e. The summed E-state index contributed by atoms with van der Waals surface area (Å²) in [6.07, 6.45) is 0. The molecule has 0 saturated heterocycles. The van der Waals surface area contributed by atoms with Crippen LogP contribution in [0.25, 0.3) is 10.9 Å². The number of benzene rings is 1. The topological polar surface area (TPSA) is 25.8 Å². The summed E-state index contributed by atoms with van der Waals surface area (Å²) >= 11 is 15.2. The fraction of sp³-hybridized carbons (Fsp3) is 0.111. The molecule has 0 unspecified atom stereocenters. The molecular weight excluding hydrogens is 287 g/mol. The molecule has 2 nitrogen and oxygen atoms in total. The van der Waals surface area contributed by atoms with Crippen LogP contribution in [0.15, 0.2) is 16.7 Å². The Kier molecular flexibility index (Phi) is 2.64. The van der Waals surface area contributed by atoms with Gasteiger partial charge in [0.2, 0.25) is 0 Å². The third-order valence-electron chi connectivity index (χ3n) is 1.78. The molecule has 0 aliphatic rings. The molecule has 5 heteroatoms. The van der Waals surface area contributed by atoms with E-state index in [0.29, 0.717) is 20.5 Å². The molecule has 72 valence electrons. The third-order valence-corrected chi connectivity index (χ3v) is 2.89. The average Bonchev–Trinajstić information content (AvgIpc) is 2.07. The van der Waals surface area contributed by atoms with Gasteiger partial charge in [-0.1, -0.05) is 23.2 Å². The number of nitrogens with zero attached hydrogens (tertiary/aromatic N) is 2. The monoisotopic (exact) mass is 290 g/mol. The predicted octanol–water partition coefficient (Wildman–Crippen LogP) is 4.01. The van der Waals surface area contributed by atoms with Gasteiger partial charge in [0.05, 0.1) is 10.5 Å². The smallest absolute Gasteiger partial charge is 0.127 e. The Morgan fingerprint density at radius 2 is 1.93 bits per heavy atom. The number of aryl methyl sites for hydroxylation is 1. The van der Waals surface area contributed by atoms with E-state index >= 15 is 0 Å². The van der Waals surface area contributed by atoms with Crippen LogP contribution in [0.2, 0.25) is 10.0 Å². The maximum atomic E-state index is 6.01. The van der Waals surface area contributed by atoms with E-state index in [4.69, 9.17) is 23.2 Å². The minimum atomic E-state index is 0.540. The van der Waals surface area contributed by atoms with Gasteiger partial charge < -0.3 is 0 Å². The molecular formula is C9H5BrCl2N2. The van der Waals surface area contributed by atoms with Gasteiger partial charge in [0.25, 0.3) is 0 Å². The average molecular weight is 292 g/mol. The van der Waals surface area contributed by atoms with Crippen LogP contribution >= 0.6 is 39.1 Å². The summed E-state index contributed by atoms with van der Waals surface area (Å²) in [5.74, 6) is 0.675. The zero-order valence-corrected chi connectivity index (χ0v) is 10.3. The van der Waals surface area contributed by atoms with Gasteiger partial charge in [-0.25, -0.2) is 9.97 Å². The first-order chi connectivity index (χ1) is 6.58. The van der Waals surface area contributed by atoms with Crippen molar-refractivity contribution >= 4 is 50.0 Å². The van der Waals surface area contributed by atoms with E-state index in [0.717, 1.165) is 10.9 Å². The van der Waals surface area contributed by atoms with Crippen LogP contribution in [0.1, 0.15) is 5.82 Å². The number of hydrogen-bond donors (Lipinski definition) is 0. The second-order valence-electron chi connectivity index (χ2n) is 2.85. The Morgan fingerprint density at radius 3 is 2.64 bits per heavy atom. The fourth-order valence-electron chi connectivity index (χ4n) is 1.23. The van der Waals surface area contributed by atoms with Gasteiger partial charge in [0.1, 0.15) is 10.4 Å². The van der Waals surface area contributed by atoms with Crippen molar-refractivity contribution in [3.63, 3.8) is 0 Å². The maximum absolute atomic E-state index is 6.01. The summed E-state index contributed by atoms with van der Waals surface area (Å²) in [7, 11) is 0. The lowest BCUT2D eigenvalue weighted by Gasteiger charge is -2.03. The standard InChI is InChI=1S/C9H5BrCl2N2/c1-4-13-8-6(9(10)14-4)2-5(11)3-7(8)12/h2-3H,1H3. The molecule has 2 rings (SSSR count). The second-order valence-corrected chi connectivity index (χ2v) is 4.44. The summed E-state index contributed by atoms with van der Waals surface area (Å²) in [4.78, 5) is 8.42. The molecule has 0 amide bonds. The van der Waals surface area contributed by atoms with Gasteiger partial charge in [-0.15, -0.1) is 0 Å². The van der Waals surface area contributed by atoms with Crippen LogP contribution in [-0.2, 0) is 0 Å². The summed E-state index contributed by atoms with van der Waals surface area (Å²) in [6.45, 7) is 1.81. The van der Waals surface area contributed by atoms with E-state index in [-0.39, 0.29) is 0 Å². The van der Waals surface area contributed by atoms with Gasteiger partial charge in [-0.3, -0.25) is 0 Å². The van der Waals surface area contributed by atoms with Crippen molar-refractivity contribution in [3.05, 3.63) is 32.6 Å². The van der Waals surface area contributed by atoms with E-state index in [1.807, 2.05) is 6.92 Å². The van der Waals surface area contributed by atoms with Crippen LogP contribution in [0.4, 0.5) is 0 Å². The van der Waals surface area contributed by atoms with Crippen LogP contribution < -0.4 is 0 Å². The molecule has 0 aliphatic carbocycles. The normalized spacial score (nSPS) is 10.9. The Morgan fingerprint density at radius 1 is 1.21 bits per heavy atom. The highest BCUT2D eigenvalue weighted by Gasteiger charge is 2.07. The van der Waals surface area contributed by atoms with Gasteiger partial charge in [0.15, 0.2) is 0 Å². The second kappa shape index (κ2) is 3.65. The van der Waals surface area contributed by atoms with E-state index < -0.39 is 0 Å². The lowest BCUT2D eigenvalue weighted by atomic mass is 10.2. The SMILES string of the molecule is Cc1nc(Br)c2cc(Cl)cc(Cl)c2n1. The van der Waals surface area contributed by atoms with Gasteiger partial charge in [0, 0.05) is 10.4 Å². The van der Waals surface area contributed by atoms with E-state index in [1.165, 1.54) is 0 Å². The Balaban J connectivity index is 2.94. The lowest BCUT2D eigenvalue weighted by Crippen LogP contribution is -1.91. The predicted molar refractivity (Wildman–Crippen MR) is 62.0 cm³/mol. The highest BCUT2D eigenvalue weighted by molar-refractivity contribution is 9.10. The number of hydrogen-bond acceptors (Lipinski definition) is 2. The number of rotatable bonds is 0. The van der Waals surface area contributed by atoms with Crippen LogP contribution in [0.5, 0.6) is 0 Å². The molecule has 1 aromatic carbocycles. The molecule has 0 aliphatic heterocycles. The molecule has 2 aromatic rings. The van der Waals surface area contributed by atoms with Crippen molar-refractivity contribution < 1.29 is 0 Å². The molecule has 0 N–H and O–H groups in total. The zero-order valence-electron chi connectivity index (χ0n) is 7.18. The van der Waals surface area contributed by atoms with Crippen molar-refractivity contribution in [1.82, 2.24) is 9.97 Å². The van der Waals surface area contributed by atoms with Gasteiger partial charge >= 0.3 is 0 Å². The summed E-state index contributed by atoms with van der Waals surface area (Å²) in [5, 5.41) is 1.95. The molecule has 0 bridgehead atoms. The summed E-state index contributed by atoms with van der Waals surface area (Å²) in [5.41, 5.74) is 0.718. The minimum absolute atomic E-state index is 0.540. The summed E-state index contributed by atoms with van der Waals surface area (Å²) < 4.78 is 0.712. The molecule has 1 heterocycles. The highest BCUT2D eigenvalue weighted by atomic mass is 79.9. The lowest BCUT2D eigenvalue weighted by molar-refractivity contribution is 1.07. The van der Waals surface area contributed by atoms with Gasteiger partial charge in [-0.2, -0.15) is 0 Å². The maximum Gasteiger partial charge on any atom is 0.127 e. The number of fused-ring (bicyclic) bond motifs is 1. The van der Waals surface area contributed by atoms with E-state index in [1.54, 1.807) is 12.1 Å². The van der Waals surface area contributed by atoms with Crippen LogP contribution in [0.3, 0.4) is 0 Å². The van der Waals surface area contributed by atoms with Crippen molar-refractivity contribution in [2.24, 2.45) is 0 Å². The zero-order chi connectivity index (χ0) is 10.3. The molecule has 1 aromatic heterocycles. The molecule has 0 radical (unpaired) electrons. The molecule has 0 spiro atoms. The van der Waals surface area contributed by atoms with Crippen molar-refractivity contribution in [3.8, 4) is 0 Å². The Hall–Kier alpha value is -0.380. The van der Waals surface area contributed by atoms with E-state index in [9.17, 15) is 0 Å². The van der Waals surface area contributed by atoms with Crippen LogP contribution in [-0.4, -0.2) is 9.97 Å². The molecule has 14 heavy (non-hydrogen) atoms. The Labute approximate surface area is 99.4 Å². The molecule has 0 saturated carbocycles. The molecule has 0 fully saturated rings. The summed E-state index contributed by atoms with van der Waals surface area (Å²) in [6, 6.07) is 3.45. The number of aromatic nitrogens is 2.